The van der Waals surface area contributed by atoms with E-state index in [0.29, 0.717) is 46.3 Å². The van der Waals surface area contributed by atoms with Crippen molar-refractivity contribution in [3.63, 3.8) is 0 Å². The van der Waals surface area contributed by atoms with Gasteiger partial charge in [-0.3, -0.25) is 0 Å². The smallest absolute Gasteiger partial charge is 0.744 e. The summed E-state index contributed by atoms with van der Waals surface area (Å²) in [5, 5.41) is 17.6. The average molecular weight is 1070 g/mol. The summed E-state index contributed by atoms with van der Waals surface area (Å²) in [7, 11) is -9.41. The van der Waals surface area contributed by atoms with Crippen molar-refractivity contribution in [3.05, 3.63) is 79.7 Å². The molecule has 0 saturated heterocycles. The van der Waals surface area contributed by atoms with E-state index in [2.05, 4.69) is 85.9 Å². The molecule has 4 aromatic carbocycles. The second kappa shape index (κ2) is 17.4. The van der Waals surface area contributed by atoms with Crippen LogP contribution < -0.4 is 9.80 Å². The molecule has 320 valence electrons. The van der Waals surface area contributed by atoms with Gasteiger partial charge in [0.2, 0.25) is 10.3 Å². The number of fused-ring (bicyclic) bond motifs is 2. The predicted octanol–water partition coefficient (Wildman–Crippen LogP) is 10.9. The van der Waals surface area contributed by atoms with E-state index in [4.69, 9.17) is 0 Å². The molecule has 21 heteroatoms. The van der Waals surface area contributed by atoms with Gasteiger partial charge in [0.1, 0.15) is 31.6 Å². The third-order valence-corrected chi connectivity index (χ3v) is 16.1. The number of rotatable bonds is 6. The van der Waals surface area contributed by atoms with Crippen molar-refractivity contribution in [2.24, 2.45) is 20.5 Å². The zero-order valence-electron chi connectivity index (χ0n) is 32.6. The topological polar surface area (TPSA) is 196 Å². The minimum Gasteiger partial charge on any atom is -0.744 e. The molecule has 0 radical (unpaired) electrons. The fraction of sp³-hybridized carbons (Fsp3) is 0.350. The van der Waals surface area contributed by atoms with Gasteiger partial charge in [-0.2, -0.15) is 0 Å². The SMILES string of the molecule is CC1CCc2cc(N=Nc3nc4ccc(Br)cc4s3)c(S(=O)(=O)[O-])c3c2N1CCC3.CC1CCc2cc(N=Nc3nc4ccc(Br)cc4s3)c(S(=O)(=O)[O-])c3c2N1CCC3.[Ni+2]. The van der Waals surface area contributed by atoms with Crippen molar-refractivity contribution in [1.29, 1.82) is 0 Å². The molecular formula is C40H36Br2N8NiO6S4. The van der Waals surface area contributed by atoms with E-state index in [1.54, 1.807) is 12.1 Å². The minimum absolute atomic E-state index is 0. The number of thiazole rings is 2. The molecule has 6 aromatic rings. The fourth-order valence-corrected chi connectivity index (χ4v) is 13.2. The van der Waals surface area contributed by atoms with Crippen molar-refractivity contribution >= 4 is 128 Å². The van der Waals surface area contributed by atoms with E-state index in [0.717, 1.165) is 103 Å². The van der Waals surface area contributed by atoms with Crippen LogP contribution in [0.3, 0.4) is 0 Å². The van der Waals surface area contributed by atoms with E-state index in [9.17, 15) is 25.9 Å². The first-order chi connectivity index (χ1) is 28.6. The zero-order valence-corrected chi connectivity index (χ0v) is 40.0. The van der Waals surface area contributed by atoms with Crippen molar-refractivity contribution in [3.8, 4) is 0 Å². The number of aryl methyl sites for hydroxylation is 2. The predicted molar refractivity (Wildman–Crippen MR) is 239 cm³/mol. The first-order valence-electron chi connectivity index (χ1n) is 19.4. The van der Waals surface area contributed by atoms with Gasteiger partial charge in [0.05, 0.1) is 30.2 Å². The molecule has 14 nitrogen and oxygen atoms in total. The van der Waals surface area contributed by atoms with Crippen LogP contribution in [0.15, 0.2) is 87.7 Å². The molecule has 4 aliphatic heterocycles. The molecule has 10 rings (SSSR count). The van der Waals surface area contributed by atoms with Crippen LogP contribution in [0.1, 0.15) is 61.8 Å². The molecule has 0 bridgehead atoms. The number of benzene rings is 4. The summed E-state index contributed by atoms with van der Waals surface area (Å²) in [6.45, 7) is 6.04. The van der Waals surface area contributed by atoms with Crippen molar-refractivity contribution in [2.75, 3.05) is 22.9 Å². The third-order valence-electron chi connectivity index (χ3n) is 11.4. The first kappa shape index (κ1) is 44.3. The second-order valence-electron chi connectivity index (χ2n) is 15.3. The van der Waals surface area contributed by atoms with Crippen LogP contribution in [0.4, 0.5) is 33.0 Å². The Hall–Kier alpha value is -3.27. The maximum absolute atomic E-state index is 12.2. The zero-order chi connectivity index (χ0) is 42.1. The molecule has 2 atom stereocenters. The van der Waals surface area contributed by atoms with Crippen LogP contribution in [0, 0.1) is 0 Å². The summed E-state index contributed by atoms with van der Waals surface area (Å²) >= 11 is 9.58. The van der Waals surface area contributed by atoms with E-state index < -0.39 is 20.2 Å². The van der Waals surface area contributed by atoms with Gasteiger partial charge in [0.25, 0.3) is 0 Å². The Kier molecular flexibility index (Phi) is 12.6. The summed E-state index contributed by atoms with van der Waals surface area (Å²) in [6.07, 6.45) is 6.37. The van der Waals surface area contributed by atoms with Crippen LogP contribution in [0.5, 0.6) is 0 Å². The summed E-state index contributed by atoms with van der Waals surface area (Å²) < 4.78 is 77.1. The molecule has 0 saturated carbocycles. The Morgan fingerprint density at radius 2 is 1.05 bits per heavy atom. The molecule has 0 spiro atoms. The quantitative estimate of drug-likeness (QED) is 0.0879. The maximum Gasteiger partial charge on any atom is 2.00 e. The third kappa shape index (κ3) is 8.83. The van der Waals surface area contributed by atoms with Gasteiger partial charge < -0.3 is 18.9 Å². The van der Waals surface area contributed by atoms with E-state index >= 15 is 0 Å². The number of nitrogens with zero attached hydrogens (tertiary/aromatic N) is 8. The standard InChI is InChI=1S/2C20H19BrN4O3S2.Ni/c2*1-11-4-5-12-9-16(19(30(26,27)28)14-3-2-8-25(11)18(12)14)23-24-20-22-15-7-6-13(21)10-17(15)29-20;/h2*6-7,9-11H,2-5,8H2,1H3,(H,26,27,28);/q;;+2/p-2. The molecule has 2 aromatic heterocycles. The summed E-state index contributed by atoms with van der Waals surface area (Å²) in [4.78, 5) is 12.9. The van der Waals surface area contributed by atoms with Crippen molar-refractivity contribution in [2.45, 2.75) is 87.1 Å². The summed E-state index contributed by atoms with van der Waals surface area (Å²) in [5.74, 6) is 0. The molecule has 0 aliphatic carbocycles. The summed E-state index contributed by atoms with van der Waals surface area (Å²) in [5.41, 5.74) is 6.93. The summed E-state index contributed by atoms with van der Waals surface area (Å²) in [6, 6.07) is 15.5. The maximum atomic E-state index is 12.2. The number of hydrogen-bond acceptors (Lipinski definition) is 16. The van der Waals surface area contributed by atoms with Gasteiger partial charge in [0, 0.05) is 45.5 Å². The van der Waals surface area contributed by atoms with Crippen molar-refractivity contribution < 1.29 is 42.4 Å². The molecular weight excluding hydrogens is 1040 g/mol. The minimum atomic E-state index is -4.70. The monoisotopic (exact) mass is 1070 g/mol. The fourth-order valence-electron chi connectivity index (χ4n) is 8.83. The number of aromatic nitrogens is 2. The molecule has 0 amide bonds. The van der Waals surface area contributed by atoms with E-state index in [1.807, 2.05) is 36.4 Å². The van der Waals surface area contributed by atoms with Crippen LogP contribution in [0.2, 0.25) is 0 Å². The Bertz CT molecular complexity index is 2820. The van der Waals surface area contributed by atoms with Gasteiger partial charge in [-0.05, 0) is 136 Å². The van der Waals surface area contributed by atoms with Gasteiger partial charge >= 0.3 is 16.5 Å². The average Bonchev–Trinajstić information content (AvgIpc) is 3.81. The molecule has 61 heavy (non-hydrogen) atoms. The number of hydrogen-bond donors (Lipinski definition) is 0. The van der Waals surface area contributed by atoms with E-state index in [-0.39, 0.29) is 37.7 Å². The van der Waals surface area contributed by atoms with Crippen LogP contribution in [-0.4, -0.2) is 61.1 Å². The van der Waals surface area contributed by atoms with E-state index in [1.165, 1.54) is 22.7 Å². The Balaban J connectivity index is 0.000000166. The van der Waals surface area contributed by atoms with Gasteiger partial charge in [-0.15, -0.1) is 20.5 Å². The van der Waals surface area contributed by atoms with Gasteiger partial charge in [-0.25, -0.2) is 26.8 Å². The van der Waals surface area contributed by atoms with Gasteiger partial charge in [-0.1, -0.05) is 54.5 Å². The molecule has 0 N–H and O–H groups in total. The second-order valence-corrected chi connectivity index (χ2v) is 21.8. The van der Waals surface area contributed by atoms with Crippen LogP contribution in [-0.2, 0) is 62.4 Å². The normalized spacial score (nSPS) is 18.6. The first-order valence-corrected chi connectivity index (χ1v) is 25.4. The number of halogens is 2. The number of anilines is 2. The largest absolute Gasteiger partial charge is 2.00 e. The Labute approximate surface area is 387 Å². The van der Waals surface area contributed by atoms with Gasteiger partial charge in [0.15, 0.2) is 0 Å². The number of azo groups is 2. The molecule has 0 fully saturated rings. The molecule has 4 aliphatic rings. The van der Waals surface area contributed by atoms with Crippen LogP contribution >= 0.6 is 54.5 Å². The Morgan fingerprint density at radius 3 is 1.44 bits per heavy atom. The van der Waals surface area contributed by atoms with Crippen molar-refractivity contribution in [1.82, 2.24) is 9.97 Å². The molecule has 6 heterocycles. The Morgan fingerprint density at radius 1 is 0.639 bits per heavy atom. The molecule has 2 unspecified atom stereocenters. The van der Waals surface area contributed by atoms with Crippen LogP contribution in [0.25, 0.3) is 20.4 Å².